The summed E-state index contributed by atoms with van der Waals surface area (Å²) in [5, 5.41) is 19.0. The summed E-state index contributed by atoms with van der Waals surface area (Å²) >= 11 is 1.61. The lowest BCUT2D eigenvalue weighted by atomic mass is 10.2. The number of aliphatic carboxylic acids is 1. The summed E-state index contributed by atoms with van der Waals surface area (Å²) in [6.07, 6.45) is 8.17. The highest BCUT2D eigenvalue weighted by Gasteiger charge is 2.01. The third kappa shape index (κ3) is 3.95. The summed E-state index contributed by atoms with van der Waals surface area (Å²) in [4.78, 5) is 11.6. The first-order chi connectivity index (χ1) is 7.74. The zero-order chi connectivity index (χ0) is 11.8. The number of carboxylic acids is 1. The maximum Gasteiger partial charge on any atom is 0.346 e. The van der Waals surface area contributed by atoms with E-state index in [0.717, 1.165) is 4.88 Å². The normalized spacial score (nSPS) is 12.1. The predicted molar refractivity (Wildman–Crippen MR) is 63.8 cm³/mol. The third-order valence-corrected chi connectivity index (χ3v) is 2.48. The third-order valence-electron chi connectivity index (χ3n) is 1.64. The fourth-order valence-corrected chi connectivity index (χ4v) is 1.54. The van der Waals surface area contributed by atoms with Crippen LogP contribution in [0.15, 0.2) is 47.4 Å². The Morgan fingerprint density at radius 2 is 2.25 bits per heavy atom. The van der Waals surface area contributed by atoms with Crippen LogP contribution in [0, 0.1) is 11.3 Å². The van der Waals surface area contributed by atoms with Crippen LogP contribution in [0.25, 0.3) is 6.08 Å². The van der Waals surface area contributed by atoms with Gasteiger partial charge in [-0.1, -0.05) is 24.3 Å². The van der Waals surface area contributed by atoms with Crippen LogP contribution in [-0.2, 0) is 4.79 Å². The lowest BCUT2D eigenvalue weighted by Crippen LogP contribution is -1.96. The fraction of sp³-hybridized carbons (Fsp3) is 0. The molecule has 0 aliphatic heterocycles. The smallest absolute Gasteiger partial charge is 0.346 e. The molecule has 1 rings (SSSR count). The van der Waals surface area contributed by atoms with Gasteiger partial charge >= 0.3 is 5.97 Å². The van der Waals surface area contributed by atoms with E-state index in [9.17, 15) is 4.79 Å². The Labute approximate surface area is 97.3 Å². The molecular weight excluding hydrogens is 222 g/mol. The van der Waals surface area contributed by atoms with E-state index in [0.29, 0.717) is 0 Å². The number of carboxylic acid groups (broad SMARTS) is 1. The van der Waals surface area contributed by atoms with Crippen molar-refractivity contribution in [3.05, 3.63) is 52.3 Å². The molecule has 0 aliphatic rings. The predicted octanol–water partition coefficient (Wildman–Crippen LogP) is 2.85. The van der Waals surface area contributed by atoms with Gasteiger partial charge in [0.1, 0.15) is 11.6 Å². The molecule has 0 aliphatic carbocycles. The number of allylic oxidation sites excluding steroid dienone is 4. The monoisotopic (exact) mass is 231 g/mol. The summed E-state index contributed by atoms with van der Waals surface area (Å²) < 4.78 is 0. The van der Waals surface area contributed by atoms with E-state index >= 15 is 0 Å². The van der Waals surface area contributed by atoms with Crippen molar-refractivity contribution in [3.8, 4) is 6.07 Å². The summed E-state index contributed by atoms with van der Waals surface area (Å²) in [5.74, 6) is -1.21. The number of hydrogen-bond acceptors (Lipinski definition) is 3. The van der Waals surface area contributed by atoms with Gasteiger partial charge in [-0.2, -0.15) is 5.26 Å². The van der Waals surface area contributed by atoms with E-state index in [4.69, 9.17) is 10.4 Å². The second-order valence-electron chi connectivity index (χ2n) is 2.76. The lowest BCUT2D eigenvalue weighted by Gasteiger charge is -1.84. The van der Waals surface area contributed by atoms with E-state index in [1.807, 2.05) is 23.6 Å². The molecule has 0 amide bonds. The molecule has 0 spiro atoms. The first-order valence-electron chi connectivity index (χ1n) is 4.46. The van der Waals surface area contributed by atoms with Crippen molar-refractivity contribution in [1.29, 1.82) is 5.26 Å². The number of nitriles is 1. The number of nitrogens with zero attached hydrogens (tertiary/aromatic N) is 1. The molecule has 0 saturated heterocycles. The second kappa shape index (κ2) is 6.38. The molecule has 1 aromatic rings. The Hall–Kier alpha value is -2.12. The van der Waals surface area contributed by atoms with E-state index in [1.54, 1.807) is 29.6 Å². The van der Waals surface area contributed by atoms with Crippen molar-refractivity contribution in [2.45, 2.75) is 0 Å². The summed E-state index contributed by atoms with van der Waals surface area (Å²) in [5.41, 5.74) is -0.277. The summed E-state index contributed by atoms with van der Waals surface area (Å²) in [6, 6.07) is 5.52. The molecule has 16 heavy (non-hydrogen) atoms. The Morgan fingerprint density at radius 3 is 2.81 bits per heavy atom. The highest BCUT2D eigenvalue weighted by atomic mass is 32.1. The van der Waals surface area contributed by atoms with E-state index in [1.165, 1.54) is 12.2 Å². The highest BCUT2D eigenvalue weighted by molar-refractivity contribution is 7.10. The zero-order valence-electron chi connectivity index (χ0n) is 8.33. The Kier molecular flexibility index (Phi) is 4.77. The molecule has 0 aromatic carbocycles. The standard InChI is InChI=1S/C12H9NO2S/c13-9-10(12(14)15)5-2-1-3-6-11-7-4-8-16-11/h1-8H,(H,14,15). The zero-order valence-corrected chi connectivity index (χ0v) is 9.15. The summed E-state index contributed by atoms with van der Waals surface area (Å²) in [7, 11) is 0. The van der Waals surface area contributed by atoms with E-state index < -0.39 is 5.97 Å². The van der Waals surface area contributed by atoms with Crippen molar-refractivity contribution in [2.75, 3.05) is 0 Å². The van der Waals surface area contributed by atoms with Crippen LogP contribution in [0.5, 0.6) is 0 Å². The first kappa shape index (κ1) is 12.0. The van der Waals surface area contributed by atoms with Crippen molar-refractivity contribution in [1.82, 2.24) is 0 Å². The van der Waals surface area contributed by atoms with Crippen molar-refractivity contribution in [2.24, 2.45) is 0 Å². The van der Waals surface area contributed by atoms with Gasteiger partial charge in [0, 0.05) is 4.88 Å². The molecule has 1 N–H and O–H groups in total. The largest absolute Gasteiger partial charge is 0.477 e. The Morgan fingerprint density at radius 1 is 1.44 bits per heavy atom. The fourth-order valence-electron chi connectivity index (χ4n) is 0.909. The van der Waals surface area contributed by atoms with Gasteiger partial charge in [-0.3, -0.25) is 0 Å². The minimum absolute atomic E-state index is 0.277. The SMILES string of the molecule is N#CC(=CC=CC=Cc1cccs1)C(=O)O. The lowest BCUT2D eigenvalue weighted by molar-refractivity contribution is -0.132. The molecule has 0 bridgehead atoms. The quantitative estimate of drug-likeness (QED) is 0.492. The number of rotatable bonds is 4. The molecule has 3 nitrogen and oxygen atoms in total. The Bertz CT molecular complexity index is 476. The molecule has 80 valence electrons. The van der Waals surface area contributed by atoms with Gasteiger partial charge in [0.05, 0.1) is 0 Å². The van der Waals surface area contributed by atoms with Crippen LogP contribution < -0.4 is 0 Å². The average Bonchev–Trinajstić information content (AvgIpc) is 2.75. The average molecular weight is 231 g/mol. The maximum atomic E-state index is 10.4. The molecule has 4 heteroatoms. The van der Waals surface area contributed by atoms with Gasteiger partial charge < -0.3 is 5.11 Å². The van der Waals surface area contributed by atoms with Crippen molar-refractivity contribution < 1.29 is 9.90 Å². The van der Waals surface area contributed by atoms with Crippen LogP contribution >= 0.6 is 11.3 Å². The van der Waals surface area contributed by atoms with Gasteiger partial charge in [-0.05, 0) is 23.6 Å². The topological polar surface area (TPSA) is 61.1 Å². The van der Waals surface area contributed by atoms with E-state index in [-0.39, 0.29) is 5.57 Å². The maximum absolute atomic E-state index is 10.4. The Balaban J connectivity index is 2.56. The van der Waals surface area contributed by atoms with Gasteiger partial charge in [0.25, 0.3) is 0 Å². The van der Waals surface area contributed by atoms with Gasteiger partial charge in [0.2, 0.25) is 0 Å². The minimum Gasteiger partial charge on any atom is -0.477 e. The first-order valence-corrected chi connectivity index (χ1v) is 5.34. The number of carbonyl (C=O) groups is 1. The molecule has 0 saturated carbocycles. The molecule has 1 aromatic heterocycles. The van der Waals surface area contributed by atoms with Crippen LogP contribution in [0.4, 0.5) is 0 Å². The molecular formula is C12H9NO2S. The van der Waals surface area contributed by atoms with Gasteiger partial charge in [0.15, 0.2) is 0 Å². The number of thiophene rings is 1. The summed E-state index contributed by atoms with van der Waals surface area (Å²) in [6.45, 7) is 0. The van der Waals surface area contributed by atoms with E-state index in [2.05, 4.69) is 0 Å². The molecule has 0 fully saturated rings. The van der Waals surface area contributed by atoms with Gasteiger partial charge in [-0.25, -0.2) is 4.79 Å². The second-order valence-corrected chi connectivity index (χ2v) is 3.74. The molecule has 0 atom stereocenters. The van der Waals surface area contributed by atoms with Crippen LogP contribution in [0.2, 0.25) is 0 Å². The van der Waals surface area contributed by atoms with Gasteiger partial charge in [-0.15, -0.1) is 11.3 Å². The molecule has 1 heterocycles. The van der Waals surface area contributed by atoms with Crippen LogP contribution in [0.1, 0.15) is 4.88 Å². The molecule has 0 radical (unpaired) electrons. The van der Waals surface area contributed by atoms with Crippen LogP contribution in [-0.4, -0.2) is 11.1 Å². The minimum atomic E-state index is -1.21. The van der Waals surface area contributed by atoms with Crippen molar-refractivity contribution >= 4 is 23.4 Å². The number of hydrogen-bond donors (Lipinski definition) is 1. The van der Waals surface area contributed by atoms with Crippen molar-refractivity contribution in [3.63, 3.8) is 0 Å². The van der Waals surface area contributed by atoms with Crippen LogP contribution in [0.3, 0.4) is 0 Å². The molecule has 0 unspecified atom stereocenters. The highest BCUT2D eigenvalue weighted by Crippen LogP contribution is 2.09.